The van der Waals surface area contributed by atoms with Gasteiger partial charge in [0.15, 0.2) is 0 Å². The Morgan fingerprint density at radius 3 is 2.56 bits per heavy atom. The fourth-order valence-corrected chi connectivity index (χ4v) is 4.26. The number of carboxylic acids is 1. The van der Waals surface area contributed by atoms with Crippen LogP contribution in [0.4, 0.5) is 5.69 Å². The third kappa shape index (κ3) is 4.70. The maximum Gasteiger partial charge on any atom is 0.451 e. The van der Waals surface area contributed by atoms with E-state index in [4.69, 9.17) is 15.8 Å². The van der Waals surface area contributed by atoms with Gasteiger partial charge in [0.05, 0.1) is 0 Å². The molecule has 0 bridgehead atoms. The van der Waals surface area contributed by atoms with E-state index in [2.05, 4.69) is 4.72 Å². The Morgan fingerprint density at radius 2 is 2.00 bits per heavy atom. The summed E-state index contributed by atoms with van der Waals surface area (Å²) in [4.78, 5) is 11.6. The summed E-state index contributed by atoms with van der Waals surface area (Å²) < 4.78 is 28.5. The zero-order valence-corrected chi connectivity index (χ0v) is 14.4. The Bertz CT molecular complexity index is 702. The maximum atomic E-state index is 12.5. The lowest BCUT2D eigenvalue weighted by Crippen LogP contribution is -2.55. The average molecular weight is 371 g/mol. The van der Waals surface area contributed by atoms with E-state index in [1.165, 1.54) is 0 Å². The summed E-state index contributed by atoms with van der Waals surface area (Å²) in [6.07, 6.45) is 0.674. The summed E-state index contributed by atoms with van der Waals surface area (Å²) >= 11 is 0. The molecule has 138 valence electrons. The number of anilines is 1. The van der Waals surface area contributed by atoms with Crippen LogP contribution in [0.3, 0.4) is 0 Å². The minimum Gasteiger partial charge on any atom is -0.480 e. The first kappa shape index (κ1) is 19.7. The topological polar surface area (TPSA) is 153 Å². The summed E-state index contributed by atoms with van der Waals surface area (Å²) in [7, 11) is -5.44. The third-order valence-electron chi connectivity index (χ3n) is 4.36. The van der Waals surface area contributed by atoms with E-state index in [1.54, 1.807) is 30.3 Å². The van der Waals surface area contributed by atoms with Gasteiger partial charge in [0.2, 0.25) is 0 Å². The van der Waals surface area contributed by atoms with Crippen LogP contribution in [0.5, 0.6) is 0 Å². The van der Waals surface area contributed by atoms with Crippen LogP contribution in [0.1, 0.15) is 12.8 Å². The molecule has 6 N–H and O–H groups in total. The molecule has 0 saturated carbocycles. The first-order valence-corrected chi connectivity index (χ1v) is 9.30. The molecule has 9 nitrogen and oxygen atoms in total. The second-order valence-electron chi connectivity index (χ2n) is 6.22. The lowest BCUT2D eigenvalue weighted by Gasteiger charge is -2.25. The number of aliphatic carboxylic acids is 1. The molecule has 1 aromatic carbocycles. The Morgan fingerprint density at radius 1 is 1.36 bits per heavy atom. The summed E-state index contributed by atoms with van der Waals surface area (Å²) in [6, 6.07) is 8.26. The molecule has 1 fully saturated rings. The van der Waals surface area contributed by atoms with E-state index in [0.29, 0.717) is 12.1 Å². The molecular formula is C14H22BN3O6S. The van der Waals surface area contributed by atoms with Gasteiger partial charge < -0.3 is 20.9 Å². The van der Waals surface area contributed by atoms with Gasteiger partial charge in [-0.15, -0.1) is 0 Å². The molecule has 25 heavy (non-hydrogen) atoms. The molecule has 0 amide bonds. The lowest BCUT2D eigenvalue weighted by atomic mass is 9.78. The molecular weight excluding hydrogens is 349 g/mol. The molecule has 2 atom stereocenters. The van der Waals surface area contributed by atoms with Crippen LogP contribution in [-0.2, 0) is 15.0 Å². The number of hydrogen-bond acceptors (Lipinski definition) is 6. The molecule has 1 saturated heterocycles. The van der Waals surface area contributed by atoms with Crippen molar-refractivity contribution in [1.82, 2.24) is 4.31 Å². The zero-order chi connectivity index (χ0) is 18.7. The first-order chi connectivity index (χ1) is 11.6. The molecule has 0 spiro atoms. The highest BCUT2D eigenvalue weighted by molar-refractivity contribution is 7.90. The number of nitrogens with two attached hydrogens (primary N) is 1. The molecule has 1 aliphatic heterocycles. The van der Waals surface area contributed by atoms with Gasteiger partial charge in [-0.05, 0) is 24.9 Å². The zero-order valence-electron chi connectivity index (χ0n) is 13.6. The highest BCUT2D eigenvalue weighted by Gasteiger charge is 2.52. The van der Waals surface area contributed by atoms with E-state index < -0.39 is 34.8 Å². The maximum absolute atomic E-state index is 12.5. The number of nitrogens with zero attached hydrogens (tertiary/aromatic N) is 1. The largest absolute Gasteiger partial charge is 0.480 e. The van der Waals surface area contributed by atoms with Gasteiger partial charge in [-0.25, -0.2) is 0 Å². The van der Waals surface area contributed by atoms with Gasteiger partial charge >= 0.3 is 23.3 Å². The van der Waals surface area contributed by atoms with Gasteiger partial charge in [0, 0.05) is 24.7 Å². The van der Waals surface area contributed by atoms with Crippen LogP contribution < -0.4 is 10.5 Å². The predicted molar refractivity (Wildman–Crippen MR) is 92.8 cm³/mol. The van der Waals surface area contributed by atoms with E-state index in [0.717, 1.165) is 4.31 Å². The normalized spacial score (nSPS) is 24.2. The first-order valence-electron chi connectivity index (χ1n) is 7.86. The van der Waals surface area contributed by atoms with Crippen molar-refractivity contribution in [2.24, 2.45) is 11.7 Å². The van der Waals surface area contributed by atoms with Crippen molar-refractivity contribution in [3.63, 3.8) is 0 Å². The third-order valence-corrected chi connectivity index (χ3v) is 5.82. The second kappa shape index (κ2) is 7.71. The minimum absolute atomic E-state index is 0.0491. The van der Waals surface area contributed by atoms with Gasteiger partial charge in [-0.2, -0.15) is 12.7 Å². The number of carboxylic acid groups (broad SMARTS) is 1. The number of hydrogen-bond donors (Lipinski definition) is 5. The molecule has 11 heteroatoms. The Labute approximate surface area is 146 Å². The number of para-hydroxylation sites is 1. The summed E-state index contributed by atoms with van der Waals surface area (Å²) in [5, 5.41) is 27.3. The fourth-order valence-electron chi connectivity index (χ4n) is 2.93. The molecule has 0 radical (unpaired) electrons. The van der Waals surface area contributed by atoms with Gasteiger partial charge in [-0.3, -0.25) is 9.52 Å². The van der Waals surface area contributed by atoms with Crippen LogP contribution in [0, 0.1) is 5.92 Å². The number of nitrogens with one attached hydrogen (secondary N) is 1. The quantitative estimate of drug-likeness (QED) is 0.379. The predicted octanol–water partition coefficient (Wildman–Crippen LogP) is -0.690. The van der Waals surface area contributed by atoms with E-state index >= 15 is 0 Å². The summed E-state index contributed by atoms with van der Waals surface area (Å²) in [5.74, 6) is -1.91. The molecule has 1 aliphatic rings. The van der Waals surface area contributed by atoms with Crippen LogP contribution in [0.15, 0.2) is 30.3 Å². The average Bonchev–Trinajstić information content (AvgIpc) is 2.87. The van der Waals surface area contributed by atoms with Crippen molar-refractivity contribution >= 4 is 29.0 Å². The smallest absolute Gasteiger partial charge is 0.451 e. The van der Waals surface area contributed by atoms with Gasteiger partial charge in [-0.1, -0.05) is 24.6 Å². The highest BCUT2D eigenvalue weighted by Crippen LogP contribution is 2.32. The van der Waals surface area contributed by atoms with Crippen molar-refractivity contribution in [3.05, 3.63) is 30.3 Å². The molecule has 2 rings (SSSR count). The van der Waals surface area contributed by atoms with E-state index in [9.17, 15) is 18.3 Å². The molecule has 1 heterocycles. The van der Waals surface area contributed by atoms with Crippen LogP contribution in [0.2, 0.25) is 6.32 Å². The fraction of sp³-hybridized carbons (Fsp3) is 0.500. The molecule has 0 aliphatic carbocycles. The van der Waals surface area contributed by atoms with Crippen LogP contribution in [-0.4, -0.2) is 59.6 Å². The monoisotopic (exact) mass is 371 g/mol. The number of rotatable bonds is 8. The lowest BCUT2D eigenvalue weighted by molar-refractivity contribution is -0.144. The second-order valence-corrected chi connectivity index (χ2v) is 7.89. The van der Waals surface area contributed by atoms with Crippen LogP contribution >= 0.6 is 0 Å². The number of benzene rings is 1. The molecule has 0 unspecified atom stereocenters. The number of carbonyl (C=O) groups is 1. The van der Waals surface area contributed by atoms with Crippen molar-refractivity contribution in [2.45, 2.75) is 24.7 Å². The van der Waals surface area contributed by atoms with E-state index in [1.807, 2.05) is 0 Å². The van der Waals surface area contributed by atoms with Crippen LogP contribution in [0.25, 0.3) is 0 Å². The Balaban J connectivity index is 2.13. The molecule has 1 aromatic rings. The SMILES string of the molecule is N[C@@]1(C(=O)O)CN(S(=O)(=O)Nc2ccccc2)C[C@@H]1CCCB(O)O. The van der Waals surface area contributed by atoms with Gasteiger partial charge in [0.25, 0.3) is 0 Å². The Hall–Kier alpha value is -1.66. The van der Waals surface area contributed by atoms with Crippen molar-refractivity contribution in [3.8, 4) is 0 Å². The van der Waals surface area contributed by atoms with Crippen molar-refractivity contribution < 1.29 is 28.4 Å². The van der Waals surface area contributed by atoms with Crippen molar-refractivity contribution in [1.29, 1.82) is 0 Å². The van der Waals surface area contributed by atoms with Crippen molar-refractivity contribution in [2.75, 3.05) is 17.8 Å². The minimum atomic E-state index is -3.95. The summed E-state index contributed by atoms with van der Waals surface area (Å²) in [5.41, 5.74) is 4.64. The van der Waals surface area contributed by atoms with Gasteiger partial charge in [0.1, 0.15) is 5.54 Å². The highest BCUT2D eigenvalue weighted by atomic mass is 32.2. The standard InChI is InChI=1S/C14H22BN3O6S/c16-14(13(19)20)10-18(9-11(14)5-4-8-15(21)22)25(23,24)17-12-6-2-1-3-7-12/h1-3,6-7,11,17,21-22H,4-5,8-10,16H2,(H,19,20)/t11-,14-/m0/s1. The Kier molecular flexibility index (Phi) is 6.06. The molecule has 0 aromatic heterocycles. The van der Waals surface area contributed by atoms with E-state index in [-0.39, 0.29) is 25.8 Å². The summed E-state index contributed by atoms with van der Waals surface area (Å²) in [6.45, 7) is -0.399.